The number of nitrogens with one attached hydrogen (secondary N) is 1. The minimum absolute atomic E-state index is 0.00810. The number of halogens is 1. The van der Waals surface area contributed by atoms with E-state index in [0.717, 1.165) is 5.56 Å². The van der Waals surface area contributed by atoms with Crippen LogP contribution in [0.4, 0.5) is 14.9 Å². The molecule has 0 spiro atoms. The van der Waals surface area contributed by atoms with E-state index in [4.69, 9.17) is 9.84 Å². The number of ether oxygens (including phenoxy) is 1. The lowest BCUT2D eigenvalue weighted by atomic mass is 9.91. The number of fused-ring (bicyclic) bond motifs is 1. The molecule has 0 bridgehead atoms. The minimum Gasteiger partial charge on any atom is -0.497 e. The number of benzene rings is 2. The molecule has 8 nitrogen and oxygen atoms in total. The van der Waals surface area contributed by atoms with E-state index >= 15 is 0 Å². The molecule has 36 heavy (non-hydrogen) atoms. The van der Waals surface area contributed by atoms with Crippen molar-refractivity contribution in [2.45, 2.75) is 23.8 Å². The Kier molecular flexibility index (Phi) is 7.17. The summed E-state index contributed by atoms with van der Waals surface area (Å²) in [5, 5.41) is 11.8. The first kappa shape index (κ1) is 25.8. The van der Waals surface area contributed by atoms with E-state index in [1.165, 1.54) is 11.0 Å². The van der Waals surface area contributed by atoms with Crippen molar-refractivity contribution >= 4 is 33.6 Å². The van der Waals surface area contributed by atoms with Crippen LogP contribution in [0.1, 0.15) is 23.6 Å². The molecule has 0 aliphatic carbocycles. The largest absolute Gasteiger partial charge is 0.497 e. The van der Waals surface area contributed by atoms with Crippen molar-refractivity contribution in [3.05, 3.63) is 53.3 Å². The second kappa shape index (κ2) is 10.0. The molecule has 2 aromatic rings. The summed E-state index contributed by atoms with van der Waals surface area (Å²) >= 11 is 0. The maximum atomic E-state index is 14.8. The maximum absolute atomic E-state index is 14.8. The van der Waals surface area contributed by atoms with E-state index in [9.17, 15) is 18.8 Å². The number of aliphatic carboxylic acids is 1. The number of rotatable bonds is 6. The van der Waals surface area contributed by atoms with Crippen LogP contribution in [-0.2, 0) is 16.0 Å². The zero-order valence-electron chi connectivity index (χ0n) is 20.9. The third kappa shape index (κ3) is 5.28. The van der Waals surface area contributed by atoms with E-state index < -0.39 is 27.9 Å². The van der Waals surface area contributed by atoms with Crippen LogP contribution in [0.2, 0.25) is 0 Å². The number of carboxylic acids is 1. The number of anilines is 1. The molecular weight excluding hydrogens is 485 g/mol. The van der Waals surface area contributed by atoms with Crippen LogP contribution >= 0.6 is 10.0 Å². The Hall–Kier alpha value is -3.27. The maximum Gasteiger partial charge on any atom is 0.320 e. The molecule has 2 aliphatic rings. The molecule has 1 atom stereocenters. The van der Waals surface area contributed by atoms with Crippen LogP contribution < -0.4 is 10.1 Å². The Labute approximate surface area is 211 Å². The molecule has 2 aliphatic heterocycles. The third-order valence-electron chi connectivity index (χ3n) is 6.62. The van der Waals surface area contributed by atoms with Gasteiger partial charge in [-0.25, -0.2) is 19.2 Å². The lowest BCUT2D eigenvalue weighted by molar-refractivity contribution is -0.139. The van der Waals surface area contributed by atoms with Gasteiger partial charge >= 0.3 is 12.0 Å². The van der Waals surface area contributed by atoms with Crippen molar-refractivity contribution in [1.82, 2.24) is 9.80 Å². The Balaban J connectivity index is 1.60. The number of nitrogens with zero attached hydrogens (tertiary/aromatic N) is 2. The van der Waals surface area contributed by atoms with Crippen molar-refractivity contribution in [2.24, 2.45) is 5.92 Å². The molecule has 2 aromatic carbocycles. The van der Waals surface area contributed by atoms with Gasteiger partial charge in [-0.3, -0.25) is 9.59 Å². The first-order valence-corrected chi connectivity index (χ1v) is 14.6. The monoisotopic (exact) mass is 517 g/mol. The molecule has 194 valence electrons. The number of likely N-dealkylation sites (tertiary alicyclic amines) is 1. The molecule has 10 heteroatoms. The number of carboxylic acid groups (broad SMARTS) is 1. The summed E-state index contributed by atoms with van der Waals surface area (Å²) in [6.45, 7) is 0.998. The van der Waals surface area contributed by atoms with Gasteiger partial charge in [0.25, 0.3) is 5.91 Å². The molecule has 0 radical (unpaired) electrons. The van der Waals surface area contributed by atoms with Crippen molar-refractivity contribution in [2.75, 3.05) is 50.8 Å². The zero-order chi connectivity index (χ0) is 26.2. The summed E-state index contributed by atoms with van der Waals surface area (Å²) in [4.78, 5) is 41.6. The standard InChI is InChI=1S/C26H32FN3O5S/c1-35-19-6-7-20-17(12-19)9-10-30(26(34)29-14-16(15-29)11-23(31)32)24(20)25(33)28-18-5-8-22(21(27)13-18)36(2,3)4/h5-8,12-13,16,24H,9-11,14-15H2,1-4H3,(H,28,33)(H,31,32)/t24-/m1/s1. The number of methoxy groups -OCH3 is 1. The highest BCUT2D eigenvalue weighted by Gasteiger charge is 2.41. The van der Waals surface area contributed by atoms with Gasteiger partial charge < -0.3 is 25.0 Å². The van der Waals surface area contributed by atoms with E-state index in [1.807, 2.05) is 24.8 Å². The summed E-state index contributed by atoms with van der Waals surface area (Å²) in [6, 6.07) is 8.88. The van der Waals surface area contributed by atoms with Crippen LogP contribution in [0, 0.1) is 11.7 Å². The van der Waals surface area contributed by atoms with E-state index in [0.29, 0.717) is 48.0 Å². The highest BCUT2D eigenvalue weighted by molar-refractivity contribution is 8.32. The second-order valence-corrected chi connectivity index (χ2v) is 14.1. The van der Waals surface area contributed by atoms with Crippen LogP contribution in [0.25, 0.3) is 0 Å². The number of carbonyl (C=O) groups excluding carboxylic acids is 2. The van der Waals surface area contributed by atoms with Crippen LogP contribution in [0.5, 0.6) is 5.75 Å². The number of carbonyl (C=O) groups is 3. The Bertz CT molecular complexity index is 1190. The Morgan fingerprint density at radius 1 is 1.14 bits per heavy atom. The molecule has 3 amide bonds. The van der Waals surface area contributed by atoms with E-state index in [2.05, 4.69) is 5.32 Å². The number of urea groups is 1. The summed E-state index contributed by atoms with van der Waals surface area (Å²) in [5.74, 6) is -1.13. The third-order valence-corrected chi connectivity index (χ3v) is 8.27. The lowest BCUT2D eigenvalue weighted by Crippen LogP contribution is -2.58. The molecule has 4 rings (SSSR count). The minimum atomic E-state index is -1.28. The lowest BCUT2D eigenvalue weighted by Gasteiger charge is -2.45. The van der Waals surface area contributed by atoms with Crippen LogP contribution in [0.3, 0.4) is 0 Å². The van der Waals surface area contributed by atoms with Crippen molar-refractivity contribution in [1.29, 1.82) is 0 Å². The predicted octanol–water partition coefficient (Wildman–Crippen LogP) is 3.95. The van der Waals surface area contributed by atoms with Crippen molar-refractivity contribution < 1.29 is 28.6 Å². The summed E-state index contributed by atoms with van der Waals surface area (Å²) in [6.07, 6.45) is 6.55. The van der Waals surface area contributed by atoms with E-state index in [1.54, 1.807) is 36.3 Å². The number of hydrogen-bond acceptors (Lipinski definition) is 4. The smallest absolute Gasteiger partial charge is 0.320 e. The van der Waals surface area contributed by atoms with E-state index in [-0.39, 0.29) is 24.2 Å². The van der Waals surface area contributed by atoms with Gasteiger partial charge in [-0.2, -0.15) is 0 Å². The van der Waals surface area contributed by atoms with Gasteiger partial charge in [0.2, 0.25) is 0 Å². The molecule has 0 saturated carbocycles. The fourth-order valence-corrected chi connectivity index (χ4v) is 5.91. The quantitative estimate of drug-likeness (QED) is 0.605. The highest BCUT2D eigenvalue weighted by Crippen LogP contribution is 2.47. The van der Waals surface area contributed by atoms with Gasteiger partial charge in [0.15, 0.2) is 0 Å². The molecular formula is C26H32FN3O5S. The predicted molar refractivity (Wildman–Crippen MR) is 138 cm³/mol. The van der Waals surface area contributed by atoms with Crippen molar-refractivity contribution in [3.8, 4) is 5.75 Å². The molecule has 0 aromatic heterocycles. The molecule has 2 heterocycles. The zero-order valence-corrected chi connectivity index (χ0v) is 21.7. The summed E-state index contributed by atoms with van der Waals surface area (Å²) in [5.41, 5.74) is 1.92. The first-order valence-electron chi connectivity index (χ1n) is 11.7. The first-order chi connectivity index (χ1) is 17.0. The fourth-order valence-electron chi connectivity index (χ4n) is 4.79. The van der Waals surface area contributed by atoms with Gasteiger partial charge in [-0.05, 0) is 66.6 Å². The topological polar surface area (TPSA) is 99.2 Å². The number of hydrogen-bond donors (Lipinski definition) is 2. The molecule has 1 saturated heterocycles. The number of amides is 3. The van der Waals surface area contributed by atoms with Crippen LogP contribution in [0.15, 0.2) is 41.3 Å². The SMILES string of the molecule is COc1ccc2c(c1)CCN(C(=O)N1CC(CC(=O)O)C1)[C@H]2C(=O)Nc1ccc(S(C)(C)C)c(F)c1. The summed E-state index contributed by atoms with van der Waals surface area (Å²) < 4.78 is 20.1. The van der Waals surface area contributed by atoms with Crippen LogP contribution in [-0.4, -0.2) is 78.3 Å². The second-order valence-electron chi connectivity index (χ2n) is 10.0. The van der Waals surface area contributed by atoms with Gasteiger partial charge in [-0.1, -0.05) is 6.07 Å². The Morgan fingerprint density at radius 3 is 2.47 bits per heavy atom. The molecule has 0 unspecified atom stereocenters. The van der Waals surface area contributed by atoms with Gasteiger partial charge in [-0.15, -0.1) is 0 Å². The van der Waals surface area contributed by atoms with Gasteiger partial charge in [0.1, 0.15) is 17.6 Å². The Morgan fingerprint density at radius 2 is 1.86 bits per heavy atom. The molecule has 1 fully saturated rings. The summed E-state index contributed by atoms with van der Waals surface area (Å²) in [7, 11) is 0.290. The van der Waals surface area contributed by atoms with Gasteiger partial charge in [0.05, 0.1) is 13.5 Å². The fraction of sp³-hybridized carbons (Fsp3) is 0.423. The normalized spacial score (nSPS) is 18.2. The molecule has 2 N–H and O–H groups in total. The average Bonchev–Trinajstić information content (AvgIpc) is 2.78. The van der Waals surface area contributed by atoms with Crippen molar-refractivity contribution in [3.63, 3.8) is 0 Å². The highest BCUT2D eigenvalue weighted by atomic mass is 32.3. The van der Waals surface area contributed by atoms with Gasteiger partial charge in [0, 0.05) is 36.1 Å². The average molecular weight is 518 g/mol.